The first-order valence-electron chi connectivity index (χ1n) is 5.08. The fourth-order valence-corrected chi connectivity index (χ4v) is 1.87. The summed E-state index contributed by atoms with van der Waals surface area (Å²) < 4.78 is 0. The van der Waals surface area contributed by atoms with Gasteiger partial charge in [0.15, 0.2) is 0 Å². The van der Waals surface area contributed by atoms with Crippen molar-refractivity contribution >= 4 is 35.0 Å². The van der Waals surface area contributed by atoms with E-state index in [-0.39, 0.29) is 17.3 Å². The Kier molecular flexibility index (Phi) is 5.61. The number of hydrogen-bond acceptors (Lipinski definition) is 4. The van der Waals surface area contributed by atoms with Crippen LogP contribution in [0.1, 0.15) is 6.42 Å². The molecule has 1 atom stereocenters. The molecule has 0 aromatic heterocycles. The Balaban J connectivity index is 2.64. The van der Waals surface area contributed by atoms with Crippen LogP contribution in [-0.4, -0.2) is 29.1 Å². The summed E-state index contributed by atoms with van der Waals surface area (Å²) in [6.45, 7) is 0. The molecule has 0 aliphatic rings. The van der Waals surface area contributed by atoms with E-state index in [9.17, 15) is 9.90 Å². The van der Waals surface area contributed by atoms with Gasteiger partial charge in [-0.1, -0.05) is 11.6 Å². The van der Waals surface area contributed by atoms with E-state index in [1.807, 2.05) is 6.26 Å². The molecule has 1 aromatic rings. The number of amides is 1. The molecule has 0 saturated carbocycles. The quantitative estimate of drug-likeness (QED) is 0.719. The highest BCUT2D eigenvalue weighted by Crippen LogP contribution is 2.26. The summed E-state index contributed by atoms with van der Waals surface area (Å²) in [7, 11) is 0. The van der Waals surface area contributed by atoms with Crippen molar-refractivity contribution in [2.75, 3.05) is 17.3 Å². The van der Waals surface area contributed by atoms with E-state index in [1.54, 1.807) is 17.8 Å². The van der Waals surface area contributed by atoms with Gasteiger partial charge in [0.05, 0.1) is 11.7 Å². The van der Waals surface area contributed by atoms with Crippen LogP contribution in [0.15, 0.2) is 18.2 Å². The molecule has 0 spiro atoms. The summed E-state index contributed by atoms with van der Waals surface area (Å²) >= 11 is 7.40. The number of halogens is 1. The molecule has 17 heavy (non-hydrogen) atoms. The van der Waals surface area contributed by atoms with Crippen molar-refractivity contribution in [3.05, 3.63) is 23.2 Å². The molecule has 94 valence electrons. The smallest absolute Gasteiger partial charge is 0.241 e. The van der Waals surface area contributed by atoms with E-state index in [0.717, 1.165) is 5.75 Å². The van der Waals surface area contributed by atoms with Gasteiger partial charge in [-0.25, -0.2) is 0 Å². The second-order valence-electron chi connectivity index (χ2n) is 3.54. The van der Waals surface area contributed by atoms with Crippen molar-refractivity contribution in [1.82, 2.24) is 0 Å². The highest BCUT2D eigenvalue weighted by molar-refractivity contribution is 7.98. The minimum atomic E-state index is -0.583. The highest BCUT2D eigenvalue weighted by Gasteiger charge is 2.14. The number of hydrogen-bond donors (Lipinski definition) is 3. The summed E-state index contributed by atoms with van der Waals surface area (Å²) in [4.78, 5) is 11.7. The maximum absolute atomic E-state index is 11.7. The van der Waals surface area contributed by atoms with E-state index >= 15 is 0 Å². The number of phenols is 1. The van der Waals surface area contributed by atoms with Crippen molar-refractivity contribution in [3.63, 3.8) is 0 Å². The number of aromatic hydroxyl groups is 1. The molecule has 4 nitrogen and oxygen atoms in total. The lowest BCUT2D eigenvalue weighted by molar-refractivity contribution is -0.117. The molecule has 0 heterocycles. The van der Waals surface area contributed by atoms with E-state index in [4.69, 9.17) is 17.3 Å². The van der Waals surface area contributed by atoms with Gasteiger partial charge in [-0.05, 0) is 36.6 Å². The predicted molar refractivity (Wildman–Crippen MR) is 72.7 cm³/mol. The lowest BCUT2D eigenvalue weighted by Gasteiger charge is -2.12. The molecular weight excluding hydrogens is 260 g/mol. The van der Waals surface area contributed by atoms with Gasteiger partial charge in [-0.2, -0.15) is 11.8 Å². The highest BCUT2D eigenvalue weighted by atomic mass is 35.5. The maximum Gasteiger partial charge on any atom is 0.241 e. The van der Waals surface area contributed by atoms with Crippen LogP contribution in [0.4, 0.5) is 5.69 Å². The van der Waals surface area contributed by atoms with Crippen LogP contribution in [0.25, 0.3) is 0 Å². The molecule has 0 bridgehead atoms. The largest absolute Gasteiger partial charge is 0.506 e. The third kappa shape index (κ3) is 4.46. The van der Waals surface area contributed by atoms with Crippen LogP contribution >= 0.6 is 23.4 Å². The van der Waals surface area contributed by atoms with E-state index < -0.39 is 6.04 Å². The van der Waals surface area contributed by atoms with Crippen LogP contribution < -0.4 is 11.1 Å². The molecule has 0 fully saturated rings. The van der Waals surface area contributed by atoms with E-state index in [0.29, 0.717) is 11.4 Å². The topological polar surface area (TPSA) is 75.4 Å². The molecule has 0 radical (unpaired) electrons. The Hall–Kier alpha value is -0.910. The number of nitrogens with one attached hydrogen (secondary N) is 1. The molecule has 6 heteroatoms. The number of rotatable bonds is 5. The zero-order valence-corrected chi connectivity index (χ0v) is 11.0. The number of benzene rings is 1. The van der Waals surface area contributed by atoms with Gasteiger partial charge in [-0.15, -0.1) is 0 Å². The standard InChI is InChI=1S/C11H15ClN2O2S/c1-17-5-4-8(13)11(16)14-9-6-7(12)2-3-10(9)15/h2-3,6,8,15H,4-5,13H2,1H3,(H,14,16). The zero-order chi connectivity index (χ0) is 12.8. The third-order valence-electron chi connectivity index (χ3n) is 2.19. The van der Waals surface area contributed by atoms with Crippen molar-refractivity contribution < 1.29 is 9.90 Å². The lowest BCUT2D eigenvalue weighted by atomic mass is 10.2. The van der Waals surface area contributed by atoms with E-state index in [1.165, 1.54) is 12.1 Å². The normalized spacial score (nSPS) is 12.2. The Labute approximate surface area is 110 Å². The zero-order valence-electron chi connectivity index (χ0n) is 9.44. The number of anilines is 1. The first kappa shape index (κ1) is 14.2. The molecule has 4 N–H and O–H groups in total. The predicted octanol–water partition coefficient (Wildman–Crippen LogP) is 2.06. The van der Waals surface area contributed by atoms with Gasteiger partial charge in [0.1, 0.15) is 5.75 Å². The second kappa shape index (κ2) is 6.74. The number of nitrogens with two attached hydrogens (primary N) is 1. The van der Waals surface area contributed by atoms with Crippen molar-refractivity contribution in [2.24, 2.45) is 5.73 Å². The summed E-state index contributed by atoms with van der Waals surface area (Å²) in [5.41, 5.74) is 5.98. The van der Waals surface area contributed by atoms with Crippen LogP contribution in [0.5, 0.6) is 5.75 Å². The Morgan fingerprint density at radius 1 is 1.65 bits per heavy atom. The molecule has 0 aliphatic heterocycles. The molecule has 1 amide bonds. The van der Waals surface area contributed by atoms with Crippen LogP contribution in [0.2, 0.25) is 5.02 Å². The minimum Gasteiger partial charge on any atom is -0.506 e. The Morgan fingerprint density at radius 2 is 2.35 bits per heavy atom. The molecule has 1 aromatic carbocycles. The van der Waals surface area contributed by atoms with Gasteiger partial charge < -0.3 is 16.2 Å². The monoisotopic (exact) mass is 274 g/mol. The average molecular weight is 275 g/mol. The second-order valence-corrected chi connectivity index (χ2v) is 4.96. The number of carbonyl (C=O) groups is 1. The summed E-state index contributed by atoms with van der Waals surface area (Å²) in [5.74, 6) is 0.465. The molecular formula is C11H15ClN2O2S. The summed E-state index contributed by atoms with van der Waals surface area (Å²) in [5, 5.41) is 12.5. The fourth-order valence-electron chi connectivity index (χ4n) is 1.21. The Morgan fingerprint density at radius 3 is 3.00 bits per heavy atom. The number of carbonyl (C=O) groups excluding carboxylic acids is 1. The fraction of sp³-hybridized carbons (Fsp3) is 0.364. The van der Waals surface area contributed by atoms with Crippen LogP contribution in [-0.2, 0) is 4.79 Å². The van der Waals surface area contributed by atoms with Crippen molar-refractivity contribution in [3.8, 4) is 5.75 Å². The molecule has 0 aliphatic carbocycles. The van der Waals surface area contributed by atoms with Crippen molar-refractivity contribution in [2.45, 2.75) is 12.5 Å². The summed E-state index contributed by atoms with van der Waals surface area (Å²) in [6, 6.07) is 3.86. The summed E-state index contributed by atoms with van der Waals surface area (Å²) in [6.07, 6.45) is 2.54. The van der Waals surface area contributed by atoms with Gasteiger partial charge in [0, 0.05) is 5.02 Å². The third-order valence-corrected chi connectivity index (χ3v) is 3.07. The molecule has 0 saturated heterocycles. The van der Waals surface area contributed by atoms with Crippen LogP contribution in [0.3, 0.4) is 0 Å². The first-order chi connectivity index (χ1) is 8.04. The average Bonchev–Trinajstić information content (AvgIpc) is 2.30. The number of thioether (sulfide) groups is 1. The Bertz CT molecular complexity index is 401. The van der Waals surface area contributed by atoms with Crippen molar-refractivity contribution in [1.29, 1.82) is 0 Å². The molecule has 1 rings (SSSR count). The maximum atomic E-state index is 11.7. The SMILES string of the molecule is CSCCC(N)C(=O)Nc1cc(Cl)ccc1O. The van der Waals surface area contributed by atoms with Gasteiger partial charge in [0.2, 0.25) is 5.91 Å². The van der Waals surface area contributed by atoms with E-state index in [2.05, 4.69) is 5.32 Å². The number of phenolic OH excluding ortho intramolecular Hbond substituents is 1. The first-order valence-corrected chi connectivity index (χ1v) is 6.85. The van der Waals surface area contributed by atoms with Gasteiger partial charge in [0.25, 0.3) is 0 Å². The van der Waals surface area contributed by atoms with Gasteiger partial charge >= 0.3 is 0 Å². The molecule has 1 unspecified atom stereocenters. The lowest BCUT2D eigenvalue weighted by Crippen LogP contribution is -2.36. The van der Waals surface area contributed by atoms with Gasteiger partial charge in [-0.3, -0.25) is 4.79 Å². The van der Waals surface area contributed by atoms with Crippen LogP contribution in [0, 0.1) is 0 Å². The minimum absolute atomic E-state index is 0.0279.